The molecule has 0 aliphatic rings. The van der Waals surface area contributed by atoms with Crippen molar-refractivity contribution in [1.29, 1.82) is 0 Å². The maximum Gasteiger partial charge on any atom is 0.173 e. The Labute approximate surface area is 144 Å². The van der Waals surface area contributed by atoms with Gasteiger partial charge in [0.05, 0.1) is 0 Å². The Hall–Kier alpha value is 0.00753. The largest absolute Gasteiger partial charge is 0.463 e. The molecule has 0 saturated carbocycles. The smallest absolute Gasteiger partial charge is 0.173 e. The molecule has 0 unspecified atom stereocenters. The third-order valence-electron chi connectivity index (χ3n) is 3.65. The fraction of sp³-hybridized carbons (Fsp3) is 0.625. The van der Waals surface area contributed by atoms with E-state index in [1.165, 1.54) is 29.6 Å². The maximum absolute atomic E-state index is 6.24. The van der Waals surface area contributed by atoms with Crippen LogP contribution in [0, 0.1) is 0 Å². The van der Waals surface area contributed by atoms with Gasteiger partial charge in [-0.2, -0.15) is 0 Å². The van der Waals surface area contributed by atoms with Crippen molar-refractivity contribution in [3.8, 4) is 0 Å². The lowest BCUT2D eigenvalue weighted by Gasteiger charge is -2.25. The highest BCUT2D eigenvalue weighted by molar-refractivity contribution is 6.77. The fourth-order valence-corrected chi connectivity index (χ4v) is 12.2. The summed E-state index contributed by atoms with van der Waals surface area (Å²) in [5.74, 6) is 0. The van der Waals surface area contributed by atoms with Crippen molar-refractivity contribution in [3.63, 3.8) is 0 Å². The summed E-state index contributed by atoms with van der Waals surface area (Å²) in [6.45, 7) is 13.8. The Balaban J connectivity index is 2.35. The first kappa shape index (κ1) is 20.1. The molecule has 0 heterocycles. The van der Waals surface area contributed by atoms with E-state index >= 15 is 0 Å². The molecule has 0 aliphatic carbocycles. The summed E-state index contributed by atoms with van der Waals surface area (Å²) in [5, 5.41) is 0. The average Bonchev–Trinajstić information content (AvgIpc) is 2.41. The van der Waals surface area contributed by atoms with Gasteiger partial charge < -0.3 is 8.23 Å². The number of benzene rings is 1. The molecule has 0 spiro atoms. The Kier molecular flexibility index (Phi) is 9.11. The van der Waals surface area contributed by atoms with Crippen LogP contribution in [0.2, 0.25) is 51.4 Å². The van der Waals surface area contributed by atoms with E-state index in [0.29, 0.717) is 0 Å². The van der Waals surface area contributed by atoms with Gasteiger partial charge in [-0.3, -0.25) is 0 Å². The molecule has 0 radical (unpaired) electrons. The van der Waals surface area contributed by atoms with Gasteiger partial charge in [0.15, 0.2) is 26.4 Å². The van der Waals surface area contributed by atoms with Crippen molar-refractivity contribution in [3.05, 3.63) is 35.4 Å². The monoisotopic (exact) mass is 370 g/mol. The van der Waals surface area contributed by atoms with Crippen molar-refractivity contribution in [2.45, 2.75) is 64.2 Å². The number of aryl methyl sites for hydroxylation is 2. The summed E-state index contributed by atoms with van der Waals surface area (Å²) in [5.41, 5.74) is 2.93. The van der Waals surface area contributed by atoms with Gasteiger partial charge >= 0.3 is 0 Å². The Bertz CT molecular complexity index is 419. The second-order valence-corrected chi connectivity index (χ2v) is 18.9. The molecule has 6 heteroatoms. The molecule has 1 aromatic rings. The number of hydrogen-bond acceptors (Lipinski definition) is 2. The van der Waals surface area contributed by atoms with Crippen LogP contribution < -0.4 is 0 Å². The third-order valence-corrected chi connectivity index (χ3v) is 13.8. The predicted octanol–water partition coefficient (Wildman–Crippen LogP) is 3.48. The first-order valence-electron chi connectivity index (χ1n) is 8.66. The molecule has 0 saturated heterocycles. The van der Waals surface area contributed by atoms with Gasteiger partial charge in [0.1, 0.15) is 9.76 Å². The van der Waals surface area contributed by atoms with Crippen LogP contribution in [-0.2, 0) is 21.1 Å². The molecule has 1 rings (SSSR count). The molecule has 0 aliphatic heterocycles. The standard InChI is InChI=1S/C16H34O2Si4/c1-20(2)17-19-13-11-15-7-9-16(10-8-15)12-14-22(5,6)18-21(3)4/h7-10,20-21H,11-14,19H2,1-6H3. The van der Waals surface area contributed by atoms with Crippen LogP contribution >= 0.6 is 0 Å². The molecule has 2 nitrogen and oxygen atoms in total. The number of rotatable bonds is 10. The van der Waals surface area contributed by atoms with E-state index in [-0.39, 0.29) is 9.76 Å². The van der Waals surface area contributed by atoms with Crippen LogP contribution in [-0.4, -0.2) is 36.2 Å². The lowest BCUT2D eigenvalue weighted by atomic mass is 10.1. The van der Waals surface area contributed by atoms with E-state index in [2.05, 4.69) is 63.5 Å². The SMILES string of the molecule is C[SiH](C)O[SiH2]CCc1ccc(CC[Si](C)(C)O[SiH](C)C)cc1. The molecular formula is C16H34O2Si4. The Morgan fingerprint density at radius 3 is 1.95 bits per heavy atom. The summed E-state index contributed by atoms with van der Waals surface area (Å²) in [4.78, 5) is 0. The quantitative estimate of drug-likeness (QED) is 0.464. The second kappa shape index (κ2) is 9.99. The first-order valence-corrected chi connectivity index (χ1v) is 18.9. The van der Waals surface area contributed by atoms with Crippen molar-refractivity contribution in [2.24, 2.45) is 0 Å². The minimum absolute atomic E-state index is 0.274. The van der Waals surface area contributed by atoms with Gasteiger partial charge in [-0.15, -0.1) is 0 Å². The molecule has 0 bridgehead atoms. The highest BCUT2D eigenvalue weighted by Crippen LogP contribution is 2.17. The van der Waals surface area contributed by atoms with Gasteiger partial charge in [-0.1, -0.05) is 24.3 Å². The van der Waals surface area contributed by atoms with Crippen molar-refractivity contribution >= 4 is 36.2 Å². The van der Waals surface area contributed by atoms with Gasteiger partial charge in [0.25, 0.3) is 0 Å². The predicted molar refractivity (Wildman–Crippen MR) is 109 cm³/mol. The summed E-state index contributed by atoms with van der Waals surface area (Å²) >= 11 is 0. The van der Waals surface area contributed by atoms with Gasteiger partial charge in [-0.25, -0.2) is 0 Å². The van der Waals surface area contributed by atoms with E-state index in [4.69, 9.17) is 8.23 Å². The molecule has 0 N–H and O–H groups in total. The highest BCUT2D eigenvalue weighted by Gasteiger charge is 2.23. The average molecular weight is 371 g/mol. The lowest BCUT2D eigenvalue weighted by Crippen LogP contribution is -2.35. The van der Waals surface area contributed by atoms with E-state index < -0.39 is 26.4 Å². The zero-order valence-corrected chi connectivity index (χ0v) is 20.0. The molecule has 0 aromatic heterocycles. The lowest BCUT2D eigenvalue weighted by molar-refractivity contribution is 0.569. The van der Waals surface area contributed by atoms with Crippen LogP contribution in [0.3, 0.4) is 0 Å². The topological polar surface area (TPSA) is 18.5 Å². The van der Waals surface area contributed by atoms with Gasteiger partial charge in [0.2, 0.25) is 0 Å². The molecule has 0 atom stereocenters. The minimum Gasteiger partial charge on any atom is -0.463 e. The van der Waals surface area contributed by atoms with Crippen LogP contribution in [0.1, 0.15) is 11.1 Å². The van der Waals surface area contributed by atoms with Crippen LogP contribution in [0.15, 0.2) is 24.3 Å². The molecule has 22 heavy (non-hydrogen) atoms. The molecular weight excluding hydrogens is 337 g/mol. The van der Waals surface area contributed by atoms with Gasteiger partial charge in [-0.05, 0) is 75.3 Å². The Morgan fingerprint density at radius 1 is 0.909 bits per heavy atom. The highest BCUT2D eigenvalue weighted by atomic mass is 28.4. The fourth-order valence-electron chi connectivity index (χ4n) is 2.61. The first-order chi connectivity index (χ1) is 10.3. The number of hydrogen-bond donors (Lipinski definition) is 0. The zero-order chi connectivity index (χ0) is 16.6. The van der Waals surface area contributed by atoms with Crippen LogP contribution in [0.25, 0.3) is 0 Å². The van der Waals surface area contributed by atoms with E-state index in [1.54, 1.807) is 0 Å². The van der Waals surface area contributed by atoms with E-state index in [9.17, 15) is 0 Å². The third kappa shape index (κ3) is 9.21. The summed E-state index contributed by atoms with van der Waals surface area (Å²) in [7, 11) is -3.40. The van der Waals surface area contributed by atoms with E-state index in [1.807, 2.05) is 0 Å². The maximum atomic E-state index is 6.24. The normalized spacial score (nSPS) is 12.9. The van der Waals surface area contributed by atoms with Crippen molar-refractivity contribution in [2.75, 3.05) is 0 Å². The van der Waals surface area contributed by atoms with Crippen LogP contribution in [0.4, 0.5) is 0 Å². The molecule has 0 fully saturated rings. The minimum atomic E-state index is -1.44. The molecule has 126 valence electrons. The summed E-state index contributed by atoms with van der Waals surface area (Å²) in [6, 6.07) is 11.7. The van der Waals surface area contributed by atoms with Crippen LogP contribution in [0.5, 0.6) is 0 Å². The molecule has 1 aromatic carbocycles. The second-order valence-electron chi connectivity index (χ2n) is 7.27. The van der Waals surface area contributed by atoms with E-state index in [0.717, 1.165) is 6.42 Å². The Morgan fingerprint density at radius 2 is 1.45 bits per heavy atom. The van der Waals surface area contributed by atoms with Crippen molar-refractivity contribution < 1.29 is 8.23 Å². The summed E-state index contributed by atoms with van der Waals surface area (Å²) in [6.07, 6.45) is 2.35. The van der Waals surface area contributed by atoms with Crippen molar-refractivity contribution in [1.82, 2.24) is 0 Å². The van der Waals surface area contributed by atoms with Gasteiger partial charge in [0, 0.05) is 0 Å². The molecule has 0 amide bonds. The zero-order valence-electron chi connectivity index (χ0n) is 15.3. The summed E-state index contributed by atoms with van der Waals surface area (Å²) < 4.78 is 12.1.